The lowest BCUT2D eigenvalue weighted by molar-refractivity contribution is 0.117. The van der Waals surface area contributed by atoms with Gasteiger partial charge in [0.15, 0.2) is 0 Å². The SMILES string of the molecule is O=c1c(Cl)c(NCC(O)COc2ccc(F)cc2)cnn1-c1ccc(Cl)cc1. The van der Waals surface area contributed by atoms with Crippen LogP contribution in [0.1, 0.15) is 0 Å². The summed E-state index contributed by atoms with van der Waals surface area (Å²) in [5.74, 6) is 0.0655. The molecule has 0 amide bonds. The van der Waals surface area contributed by atoms with Crippen molar-refractivity contribution in [2.45, 2.75) is 6.10 Å². The lowest BCUT2D eigenvalue weighted by atomic mass is 10.3. The van der Waals surface area contributed by atoms with E-state index in [9.17, 15) is 14.3 Å². The maximum absolute atomic E-state index is 12.9. The maximum Gasteiger partial charge on any atom is 0.292 e. The average molecular weight is 424 g/mol. The van der Waals surface area contributed by atoms with Gasteiger partial charge in [0.1, 0.15) is 29.3 Å². The highest BCUT2D eigenvalue weighted by Crippen LogP contribution is 2.18. The summed E-state index contributed by atoms with van der Waals surface area (Å²) in [5.41, 5.74) is 0.305. The molecular formula is C19H16Cl2FN3O3. The van der Waals surface area contributed by atoms with Gasteiger partial charge in [0.25, 0.3) is 5.56 Å². The molecule has 6 nitrogen and oxygen atoms in total. The molecule has 1 aromatic heterocycles. The monoisotopic (exact) mass is 423 g/mol. The van der Waals surface area contributed by atoms with Gasteiger partial charge < -0.3 is 15.2 Å². The third kappa shape index (κ3) is 5.01. The van der Waals surface area contributed by atoms with Crippen molar-refractivity contribution >= 4 is 28.9 Å². The van der Waals surface area contributed by atoms with Gasteiger partial charge >= 0.3 is 0 Å². The second-order valence-electron chi connectivity index (χ2n) is 5.87. The molecule has 0 aliphatic heterocycles. The van der Waals surface area contributed by atoms with Crippen molar-refractivity contribution in [2.75, 3.05) is 18.5 Å². The standard InChI is InChI=1S/C19H16Cl2FN3O3/c20-12-1-5-14(6-2-12)25-19(27)18(21)17(10-24-25)23-9-15(26)11-28-16-7-3-13(22)4-8-16/h1-8,10,15,23,26H,9,11H2. The predicted octanol–water partition coefficient (Wildman–Crippen LogP) is 3.53. The van der Waals surface area contributed by atoms with E-state index >= 15 is 0 Å². The Bertz CT molecular complexity index is 995. The Labute approximate surface area is 170 Å². The first-order valence-corrected chi connectivity index (χ1v) is 9.03. The zero-order valence-corrected chi connectivity index (χ0v) is 16.0. The summed E-state index contributed by atoms with van der Waals surface area (Å²) in [4.78, 5) is 12.4. The minimum Gasteiger partial charge on any atom is -0.491 e. The molecule has 0 aliphatic rings. The fourth-order valence-electron chi connectivity index (χ4n) is 2.33. The number of rotatable bonds is 7. The number of hydrogen-bond donors (Lipinski definition) is 2. The van der Waals surface area contributed by atoms with Crippen molar-refractivity contribution in [3.05, 3.63) is 80.9 Å². The molecule has 0 bridgehead atoms. The van der Waals surface area contributed by atoms with Crippen molar-refractivity contribution < 1.29 is 14.2 Å². The summed E-state index contributed by atoms with van der Waals surface area (Å²) in [7, 11) is 0. The molecule has 0 saturated carbocycles. The smallest absolute Gasteiger partial charge is 0.292 e. The Morgan fingerprint density at radius 1 is 1.14 bits per heavy atom. The molecule has 0 aliphatic carbocycles. The van der Waals surface area contributed by atoms with E-state index in [-0.39, 0.29) is 29.7 Å². The topological polar surface area (TPSA) is 76.4 Å². The van der Waals surface area contributed by atoms with Crippen LogP contribution < -0.4 is 15.6 Å². The minimum atomic E-state index is -0.889. The molecule has 1 unspecified atom stereocenters. The second-order valence-corrected chi connectivity index (χ2v) is 6.68. The van der Waals surface area contributed by atoms with Crippen molar-refractivity contribution in [1.29, 1.82) is 0 Å². The van der Waals surface area contributed by atoms with Crippen molar-refractivity contribution in [2.24, 2.45) is 0 Å². The molecule has 146 valence electrons. The molecular weight excluding hydrogens is 408 g/mol. The Kier molecular flexibility index (Phi) is 6.51. The molecule has 0 radical (unpaired) electrons. The van der Waals surface area contributed by atoms with Crippen LogP contribution in [0.4, 0.5) is 10.1 Å². The van der Waals surface area contributed by atoms with Crippen molar-refractivity contribution in [1.82, 2.24) is 9.78 Å². The van der Waals surface area contributed by atoms with Crippen LogP contribution in [0.3, 0.4) is 0 Å². The number of aliphatic hydroxyl groups excluding tert-OH is 1. The first-order chi connectivity index (χ1) is 13.4. The third-order valence-corrected chi connectivity index (χ3v) is 4.39. The Balaban J connectivity index is 1.61. The average Bonchev–Trinajstić information content (AvgIpc) is 2.69. The van der Waals surface area contributed by atoms with Crippen LogP contribution in [-0.4, -0.2) is 34.1 Å². The van der Waals surface area contributed by atoms with E-state index in [0.717, 1.165) is 4.68 Å². The van der Waals surface area contributed by atoms with Gasteiger partial charge in [-0.1, -0.05) is 23.2 Å². The van der Waals surface area contributed by atoms with Crippen LogP contribution in [0.25, 0.3) is 5.69 Å². The van der Waals surface area contributed by atoms with Gasteiger partial charge in [-0.15, -0.1) is 0 Å². The highest BCUT2D eigenvalue weighted by molar-refractivity contribution is 6.33. The van der Waals surface area contributed by atoms with Crippen LogP contribution in [-0.2, 0) is 0 Å². The number of hydrogen-bond acceptors (Lipinski definition) is 5. The van der Waals surface area contributed by atoms with Gasteiger partial charge in [-0.25, -0.2) is 4.39 Å². The van der Waals surface area contributed by atoms with E-state index < -0.39 is 11.7 Å². The largest absolute Gasteiger partial charge is 0.491 e. The summed E-state index contributed by atoms with van der Waals surface area (Å²) in [6, 6.07) is 12.0. The minimum absolute atomic E-state index is 0.0223. The van der Waals surface area contributed by atoms with Gasteiger partial charge in [-0.05, 0) is 48.5 Å². The molecule has 0 fully saturated rings. The molecule has 0 saturated heterocycles. The van der Waals surface area contributed by atoms with E-state index in [1.165, 1.54) is 30.5 Å². The lowest BCUT2D eigenvalue weighted by Gasteiger charge is -2.15. The zero-order valence-electron chi connectivity index (χ0n) is 14.5. The fraction of sp³-hybridized carbons (Fsp3) is 0.158. The van der Waals surface area contributed by atoms with Crippen molar-refractivity contribution in [3.63, 3.8) is 0 Å². The van der Waals surface area contributed by atoms with E-state index in [2.05, 4.69) is 10.4 Å². The second kappa shape index (κ2) is 9.05. The first kappa shape index (κ1) is 20.1. The molecule has 2 aromatic carbocycles. The van der Waals surface area contributed by atoms with Gasteiger partial charge in [-0.2, -0.15) is 9.78 Å². The summed E-state index contributed by atoms with van der Waals surface area (Å²) >= 11 is 12.0. The molecule has 9 heteroatoms. The first-order valence-electron chi connectivity index (χ1n) is 8.28. The van der Waals surface area contributed by atoms with E-state index in [0.29, 0.717) is 16.5 Å². The molecule has 1 atom stereocenters. The number of benzene rings is 2. The Morgan fingerprint density at radius 3 is 2.50 bits per heavy atom. The number of aromatic nitrogens is 2. The molecule has 3 aromatic rings. The highest BCUT2D eigenvalue weighted by Gasteiger charge is 2.12. The lowest BCUT2D eigenvalue weighted by Crippen LogP contribution is -2.28. The van der Waals surface area contributed by atoms with Crippen LogP contribution in [0.2, 0.25) is 10.0 Å². The van der Waals surface area contributed by atoms with Crippen LogP contribution in [0.15, 0.2) is 59.5 Å². The molecule has 2 N–H and O–H groups in total. The number of anilines is 1. The zero-order chi connectivity index (χ0) is 20.1. The van der Waals surface area contributed by atoms with Gasteiger partial charge in [0, 0.05) is 11.6 Å². The van der Waals surface area contributed by atoms with E-state index in [4.69, 9.17) is 27.9 Å². The highest BCUT2D eigenvalue weighted by atomic mass is 35.5. The molecule has 28 heavy (non-hydrogen) atoms. The molecule has 1 heterocycles. The molecule has 3 rings (SSSR count). The predicted molar refractivity (Wildman–Crippen MR) is 106 cm³/mol. The van der Waals surface area contributed by atoms with E-state index in [1.54, 1.807) is 24.3 Å². The number of halogens is 3. The Morgan fingerprint density at radius 2 is 1.82 bits per heavy atom. The van der Waals surface area contributed by atoms with Crippen molar-refractivity contribution in [3.8, 4) is 11.4 Å². The Hall–Kier alpha value is -2.61. The third-order valence-electron chi connectivity index (χ3n) is 3.77. The number of ether oxygens (including phenoxy) is 1. The van der Waals surface area contributed by atoms with Gasteiger partial charge in [0.2, 0.25) is 0 Å². The summed E-state index contributed by atoms with van der Waals surface area (Å²) in [6.45, 7) is 0.0541. The van der Waals surface area contributed by atoms with E-state index in [1.807, 2.05) is 0 Å². The summed E-state index contributed by atoms with van der Waals surface area (Å²) in [6.07, 6.45) is 0.506. The maximum atomic E-state index is 12.9. The fourth-order valence-corrected chi connectivity index (χ4v) is 2.65. The number of aliphatic hydroxyl groups is 1. The summed E-state index contributed by atoms with van der Waals surface area (Å²) < 4.78 is 19.4. The van der Waals surface area contributed by atoms with Gasteiger partial charge in [0.05, 0.1) is 17.6 Å². The number of nitrogens with zero attached hydrogens (tertiary/aromatic N) is 2. The number of nitrogens with one attached hydrogen (secondary N) is 1. The van der Waals surface area contributed by atoms with Crippen LogP contribution in [0, 0.1) is 5.82 Å². The van der Waals surface area contributed by atoms with Crippen LogP contribution >= 0.6 is 23.2 Å². The van der Waals surface area contributed by atoms with Gasteiger partial charge in [-0.3, -0.25) is 4.79 Å². The summed E-state index contributed by atoms with van der Waals surface area (Å²) in [5, 5.41) is 17.5. The van der Waals surface area contributed by atoms with Crippen LogP contribution in [0.5, 0.6) is 5.75 Å². The normalized spacial score (nSPS) is 11.9. The quantitative estimate of drug-likeness (QED) is 0.607. The molecule has 0 spiro atoms.